The third-order valence-electron chi connectivity index (χ3n) is 2.43. The van der Waals surface area contributed by atoms with Gasteiger partial charge in [0.15, 0.2) is 0 Å². The predicted octanol–water partition coefficient (Wildman–Crippen LogP) is 3.02. The molecule has 0 bridgehead atoms. The molecule has 3 nitrogen and oxygen atoms in total. The fraction of sp³-hybridized carbons (Fsp3) is 0.273. The lowest BCUT2D eigenvalue weighted by Gasteiger charge is -2.11. The molecule has 0 aliphatic carbocycles. The maximum Gasteiger partial charge on any atom is 0.418 e. The maximum atomic E-state index is 12.8. The number of hydrogen-bond donors (Lipinski definition) is 1. The summed E-state index contributed by atoms with van der Waals surface area (Å²) in [7, 11) is 1.68. The summed E-state index contributed by atoms with van der Waals surface area (Å²) in [5, 5.41) is 2.99. The van der Waals surface area contributed by atoms with Gasteiger partial charge in [0.25, 0.3) is 0 Å². The molecule has 7 heteroatoms. The first-order valence-corrected chi connectivity index (χ1v) is 5.48. The molecule has 1 aromatic carbocycles. The van der Waals surface area contributed by atoms with Crippen LogP contribution in [0.5, 0.6) is 0 Å². The highest BCUT2D eigenvalue weighted by Gasteiger charge is 2.33. The van der Waals surface area contributed by atoms with Crippen molar-refractivity contribution in [1.82, 2.24) is 15.3 Å². The van der Waals surface area contributed by atoms with Gasteiger partial charge in [0.2, 0.25) is 5.28 Å². The zero-order valence-electron chi connectivity index (χ0n) is 9.35. The number of alkyl halides is 3. The highest BCUT2D eigenvalue weighted by molar-refractivity contribution is 6.28. The predicted molar refractivity (Wildman–Crippen MR) is 62.3 cm³/mol. The number of para-hydroxylation sites is 1. The van der Waals surface area contributed by atoms with E-state index in [-0.39, 0.29) is 10.8 Å². The number of benzene rings is 1. The summed E-state index contributed by atoms with van der Waals surface area (Å²) in [5.41, 5.74) is -0.532. The first-order chi connectivity index (χ1) is 8.43. The van der Waals surface area contributed by atoms with Crippen LogP contribution in [-0.4, -0.2) is 17.0 Å². The van der Waals surface area contributed by atoms with Gasteiger partial charge in [-0.05, 0) is 24.7 Å². The quantitative estimate of drug-likeness (QED) is 0.856. The maximum absolute atomic E-state index is 12.8. The number of nitrogens with one attached hydrogen (secondary N) is 1. The van der Waals surface area contributed by atoms with Crippen LogP contribution in [0.15, 0.2) is 18.2 Å². The monoisotopic (exact) mass is 275 g/mol. The van der Waals surface area contributed by atoms with Crippen LogP contribution in [0.4, 0.5) is 13.2 Å². The first-order valence-electron chi connectivity index (χ1n) is 5.10. The second-order valence-corrected chi connectivity index (χ2v) is 4.01. The van der Waals surface area contributed by atoms with Crippen molar-refractivity contribution in [2.24, 2.45) is 0 Å². The van der Waals surface area contributed by atoms with Crippen molar-refractivity contribution in [2.45, 2.75) is 12.7 Å². The van der Waals surface area contributed by atoms with Crippen LogP contribution >= 0.6 is 11.6 Å². The molecule has 2 rings (SSSR count). The second kappa shape index (κ2) is 4.70. The van der Waals surface area contributed by atoms with Gasteiger partial charge < -0.3 is 5.32 Å². The van der Waals surface area contributed by atoms with Crippen LogP contribution in [0.3, 0.4) is 0 Å². The largest absolute Gasteiger partial charge is 0.418 e. The highest BCUT2D eigenvalue weighted by atomic mass is 35.5. The van der Waals surface area contributed by atoms with Crippen molar-refractivity contribution in [3.8, 4) is 0 Å². The van der Waals surface area contributed by atoms with Crippen molar-refractivity contribution < 1.29 is 13.2 Å². The van der Waals surface area contributed by atoms with Crippen LogP contribution in [0.2, 0.25) is 5.28 Å². The second-order valence-electron chi connectivity index (χ2n) is 3.67. The lowest BCUT2D eigenvalue weighted by molar-refractivity contribution is -0.136. The molecule has 96 valence electrons. The van der Waals surface area contributed by atoms with E-state index in [1.54, 1.807) is 13.1 Å². The van der Waals surface area contributed by atoms with Gasteiger partial charge >= 0.3 is 6.18 Å². The zero-order valence-corrected chi connectivity index (χ0v) is 10.1. The number of halogens is 4. The Morgan fingerprint density at radius 2 is 2.00 bits per heavy atom. The van der Waals surface area contributed by atoms with Gasteiger partial charge in [0.1, 0.15) is 0 Å². The minimum absolute atomic E-state index is 0.171. The van der Waals surface area contributed by atoms with Gasteiger partial charge in [-0.3, -0.25) is 0 Å². The molecule has 2 aromatic rings. The first kappa shape index (κ1) is 13.0. The van der Waals surface area contributed by atoms with Crippen LogP contribution in [-0.2, 0) is 12.7 Å². The summed E-state index contributed by atoms with van der Waals surface area (Å²) < 4.78 is 38.5. The van der Waals surface area contributed by atoms with E-state index >= 15 is 0 Å². The van der Waals surface area contributed by atoms with Crippen LogP contribution in [0.1, 0.15) is 11.3 Å². The fourth-order valence-corrected chi connectivity index (χ4v) is 1.90. The van der Waals surface area contributed by atoms with Crippen molar-refractivity contribution in [1.29, 1.82) is 0 Å². The van der Waals surface area contributed by atoms with Crippen LogP contribution < -0.4 is 5.32 Å². The van der Waals surface area contributed by atoms with Crippen molar-refractivity contribution >= 4 is 22.5 Å². The summed E-state index contributed by atoms with van der Waals surface area (Å²) >= 11 is 5.66. The standard InChI is InChI=1S/C11H9ClF3N3/c1-16-5-8-6-3-2-4-7(11(13,14)15)9(6)18-10(12)17-8/h2-4,16H,5H2,1H3. The Hall–Kier alpha value is -1.40. The SMILES string of the molecule is CNCc1nc(Cl)nc2c(C(F)(F)F)cccc12. The van der Waals surface area contributed by atoms with Crippen molar-refractivity contribution in [3.63, 3.8) is 0 Å². The molecule has 18 heavy (non-hydrogen) atoms. The topological polar surface area (TPSA) is 37.8 Å². The number of hydrogen-bond acceptors (Lipinski definition) is 3. The Labute approximate surface area is 106 Å². The average molecular weight is 276 g/mol. The molecule has 0 saturated heterocycles. The van der Waals surface area contributed by atoms with E-state index in [0.717, 1.165) is 6.07 Å². The van der Waals surface area contributed by atoms with Crippen LogP contribution in [0, 0.1) is 0 Å². The summed E-state index contributed by atoms with van der Waals surface area (Å²) in [4.78, 5) is 7.63. The molecule has 0 radical (unpaired) electrons. The van der Waals surface area contributed by atoms with Crippen molar-refractivity contribution in [2.75, 3.05) is 7.05 Å². The molecule has 0 saturated carbocycles. The summed E-state index contributed by atoms with van der Waals surface area (Å²) in [6, 6.07) is 3.87. The van der Waals surface area contributed by atoms with Gasteiger partial charge in [-0.15, -0.1) is 0 Å². The lowest BCUT2D eigenvalue weighted by atomic mass is 10.1. The van der Waals surface area contributed by atoms with E-state index < -0.39 is 11.7 Å². The smallest absolute Gasteiger partial charge is 0.314 e. The molecular weight excluding hydrogens is 267 g/mol. The Bertz CT molecular complexity index is 583. The Morgan fingerprint density at radius 3 is 2.61 bits per heavy atom. The summed E-state index contributed by atoms with van der Waals surface area (Å²) in [6.45, 7) is 0.319. The molecule has 1 N–H and O–H groups in total. The van der Waals surface area contributed by atoms with E-state index in [2.05, 4.69) is 15.3 Å². The number of rotatable bonds is 2. The number of nitrogens with zero attached hydrogens (tertiary/aromatic N) is 2. The van der Waals surface area contributed by atoms with E-state index in [0.29, 0.717) is 17.6 Å². The van der Waals surface area contributed by atoms with Crippen molar-refractivity contribution in [3.05, 3.63) is 34.7 Å². The highest BCUT2D eigenvalue weighted by Crippen LogP contribution is 2.34. The summed E-state index contributed by atoms with van der Waals surface area (Å²) in [6.07, 6.45) is -4.46. The van der Waals surface area contributed by atoms with E-state index in [1.165, 1.54) is 6.07 Å². The fourth-order valence-electron chi connectivity index (χ4n) is 1.72. The normalized spacial score (nSPS) is 12.1. The number of aromatic nitrogens is 2. The third kappa shape index (κ3) is 2.39. The van der Waals surface area contributed by atoms with Gasteiger partial charge in [0, 0.05) is 11.9 Å². The molecule has 0 aliphatic rings. The lowest BCUT2D eigenvalue weighted by Crippen LogP contribution is -2.11. The van der Waals surface area contributed by atoms with Gasteiger partial charge in [-0.25, -0.2) is 9.97 Å². The summed E-state index contributed by atoms with van der Waals surface area (Å²) in [5.74, 6) is 0. The molecule has 1 heterocycles. The molecule has 1 aromatic heterocycles. The molecule has 0 amide bonds. The van der Waals surface area contributed by atoms with Gasteiger partial charge in [0.05, 0.1) is 16.8 Å². The zero-order chi connectivity index (χ0) is 13.3. The Kier molecular flexibility index (Phi) is 3.41. The minimum Gasteiger partial charge on any atom is -0.314 e. The Balaban J connectivity index is 2.77. The molecular formula is C11H9ClF3N3. The molecule has 0 aliphatic heterocycles. The van der Waals surface area contributed by atoms with Crippen LogP contribution in [0.25, 0.3) is 10.9 Å². The molecule has 0 spiro atoms. The van der Waals surface area contributed by atoms with E-state index in [9.17, 15) is 13.2 Å². The minimum atomic E-state index is -4.46. The molecule has 0 unspecified atom stereocenters. The van der Waals surface area contributed by atoms with E-state index in [4.69, 9.17) is 11.6 Å². The van der Waals surface area contributed by atoms with Gasteiger partial charge in [-0.1, -0.05) is 12.1 Å². The Morgan fingerprint density at radius 1 is 1.28 bits per heavy atom. The molecule has 0 fully saturated rings. The third-order valence-corrected chi connectivity index (χ3v) is 2.60. The molecule has 0 atom stereocenters. The van der Waals surface area contributed by atoms with E-state index in [1.807, 2.05) is 0 Å². The number of fused-ring (bicyclic) bond motifs is 1. The average Bonchev–Trinajstić information content (AvgIpc) is 2.27. The van der Waals surface area contributed by atoms with Gasteiger partial charge in [-0.2, -0.15) is 13.2 Å².